The van der Waals surface area contributed by atoms with E-state index in [-0.39, 0.29) is 12.5 Å². The molecule has 1 heterocycles. The van der Waals surface area contributed by atoms with Crippen LogP contribution in [0.1, 0.15) is 31.2 Å². The predicted octanol–water partition coefficient (Wildman–Crippen LogP) is 1.98. The average Bonchev–Trinajstić information content (AvgIpc) is 2.49. The zero-order chi connectivity index (χ0) is 14.2. The normalized spacial score (nSPS) is 22.4. The Kier molecular flexibility index (Phi) is 6.33. The van der Waals surface area contributed by atoms with E-state index >= 15 is 0 Å². The summed E-state index contributed by atoms with van der Waals surface area (Å²) in [6.45, 7) is 0.280. The highest BCUT2D eigenvalue weighted by Gasteiger charge is 2.21. The Morgan fingerprint density at radius 1 is 1.30 bits per heavy atom. The topological polar surface area (TPSA) is 62.2 Å². The Labute approximate surface area is 124 Å². The second-order valence-corrected chi connectivity index (χ2v) is 6.30. The highest BCUT2D eigenvalue weighted by Crippen LogP contribution is 2.23. The van der Waals surface area contributed by atoms with Crippen molar-refractivity contribution in [3.05, 3.63) is 30.1 Å². The van der Waals surface area contributed by atoms with Crippen LogP contribution in [0.2, 0.25) is 0 Å². The molecule has 0 aliphatic heterocycles. The second-order valence-electron chi connectivity index (χ2n) is 5.32. The van der Waals surface area contributed by atoms with Crippen molar-refractivity contribution in [2.45, 2.75) is 37.5 Å². The van der Waals surface area contributed by atoms with Crippen molar-refractivity contribution >= 4 is 17.7 Å². The molecular formula is C15H22N2O2S. The van der Waals surface area contributed by atoms with Crippen LogP contribution < -0.4 is 5.32 Å². The van der Waals surface area contributed by atoms with Gasteiger partial charge in [0.1, 0.15) is 0 Å². The third-order valence-electron chi connectivity index (χ3n) is 3.72. The molecule has 2 rings (SSSR count). The van der Waals surface area contributed by atoms with Gasteiger partial charge < -0.3 is 10.4 Å². The fourth-order valence-electron chi connectivity index (χ4n) is 2.50. The van der Waals surface area contributed by atoms with E-state index in [2.05, 4.69) is 10.3 Å². The number of carbonyl (C=O) groups excluding carboxylic acids is 1. The number of nitrogens with one attached hydrogen (secondary N) is 1. The quantitative estimate of drug-likeness (QED) is 0.842. The minimum atomic E-state index is 0.122. The lowest BCUT2D eigenvalue weighted by Crippen LogP contribution is -2.39. The Bertz CT molecular complexity index is 406. The number of carbonyl (C=O) groups is 1. The van der Waals surface area contributed by atoms with Crippen LogP contribution in [0.4, 0.5) is 0 Å². The van der Waals surface area contributed by atoms with Gasteiger partial charge in [-0.25, -0.2) is 0 Å². The lowest BCUT2D eigenvalue weighted by Gasteiger charge is -2.27. The van der Waals surface area contributed by atoms with Crippen LogP contribution in [-0.2, 0) is 10.5 Å². The first-order valence-electron chi connectivity index (χ1n) is 7.15. The summed E-state index contributed by atoms with van der Waals surface area (Å²) in [5, 5.41) is 12.2. The smallest absolute Gasteiger partial charge is 0.230 e. The number of aliphatic hydroxyl groups excluding tert-OH is 1. The van der Waals surface area contributed by atoms with E-state index in [4.69, 9.17) is 5.11 Å². The van der Waals surface area contributed by atoms with E-state index in [9.17, 15) is 4.79 Å². The van der Waals surface area contributed by atoms with Crippen LogP contribution in [0.5, 0.6) is 0 Å². The average molecular weight is 294 g/mol. The lowest BCUT2D eigenvalue weighted by molar-refractivity contribution is -0.119. The fraction of sp³-hybridized carbons (Fsp3) is 0.600. The number of rotatable bonds is 6. The lowest BCUT2D eigenvalue weighted by atomic mass is 9.86. The number of hydrogen-bond acceptors (Lipinski definition) is 4. The molecule has 2 N–H and O–H groups in total. The molecule has 0 bridgehead atoms. The van der Waals surface area contributed by atoms with E-state index in [1.165, 1.54) is 5.56 Å². The first-order chi connectivity index (χ1) is 9.78. The van der Waals surface area contributed by atoms with Crippen molar-refractivity contribution in [1.82, 2.24) is 10.3 Å². The number of aliphatic hydroxyl groups is 1. The van der Waals surface area contributed by atoms with Crippen LogP contribution in [0.3, 0.4) is 0 Å². The second kappa shape index (κ2) is 8.27. The molecule has 1 aliphatic carbocycles. The van der Waals surface area contributed by atoms with Crippen molar-refractivity contribution in [2.24, 2.45) is 5.92 Å². The summed E-state index contributed by atoms with van der Waals surface area (Å²) < 4.78 is 0. The predicted molar refractivity (Wildman–Crippen MR) is 81.4 cm³/mol. The zero-order valence-electron chi connectivity index (χ0n) is 11.6. The van der Waals surface area contributed by atoms with Crippen molar-refractivity contribution in [3.63, 3.8) is 0 Å². The first kappa shape index (κ1) is 15.3. The summed E-state index contributed by atoms with van der Waals surface area (Å²) in [5.41, 5.74) is 1.20. The maximum atomic E-state index is 11.9. The molecule has 0 atom stereocenters. The van der Waals surface area contributed by atoms with Crippen LogP contribution in [0.25, 0.3) is 0 Å². The van der Waals surface area contributed by atoms with E-state index in [1.54, 1.807) is 24.2 Å². The molecule has 1 aromatic heterocycles. The molecule has 0 aromatic carbocycles. The molecule has 1 fully saturated rings. The van der Waals surface area contributed by atoms with Crippen molar-refractivity contribution in [1.29, 1.82) is 0 Å². The summed E-state index contributed by atoms with van der Waals surface area (Å²) in [6.07, 6.45) is 7.57. The molecule has 0 spiro atoms. The summed E-state index contributed by atoms with van der Waals surface area (Å²) in [4.78, 5) is 15.8. The molecule has 20 heavy (non-hydrogen) atoms. The molecule has 5 heteroatoms. The van der Waals surface area contributed by atoms with Gasteiger partial charge in [-0.2, -0.15) is 0 Å². The molecular weight excluding hydrogens is 272 g/mol. The Hall–Kier alpha value is -1.07. The van der Waals surface area contributed by atoms with Crippen LogP contribution >= 0.6 is 11.8 Å². The van der Waals surface area contributed by atoms with Crippen LogP contribution in [-0.4, -0.2) is 34.4 Å². The minimum Gasteiger partial charge on any atom is -0.396 e. The SMILES string of the molecule is O=C(CSCc1ccncc1)NC1CCC(CO)CC1. The minimum absolute atomic E-state index is 0.122. The van der Waals surface area contributed by atoms with E-state index in [1.807, 2.05) is 12.1 Å². The van der Waals surface area contributed by atoms with E-state index in [0.29, 0.717) is 17.7 Å². The molecule has 110 valence electrons. The number of aromatic nitrogens is 1. The van der Waals surface area contributed by atoms with Crippen LogP contribution in [0, 0.1) is 5.92 Å². The highest BCUT2D eigenvalue weighted by atomic mass is 32.2. The van der Waals surface area contributed by atoms with E-state index < -0.39 is 0 Å². The summed E-state index contributed by atoms with van der Waals surface area (Å²) in [5.74, 6) is 1.90. The first-order valence-corrected chi connectivity index (χ1v) is 8.30. The zero-order valence-corrected chi connectivity index (χ0v) is 12.4. The number of pyridine rings is 1. The molecule has 1 aromatic rings. The van der Waals surface area contributed by atoms with Gasteiger partial charge >= 0.3 is 0 Å². The summed E-state index contributed by atoms with van der Waals surface area (Å²) in [6, 6.07) is 4.24. The van der Waals surface area contributed by atoms with Crippen molar-refractivity contribution in [2.75, 3.05) is 12.4 Å². The largest absolute Gasteiger partial charge is 0.396 e. The molecule has 4 nitrogen and oxygen atoms in total. The standard InChI is InChI=1S/C15H22N2O2S/c18-9-12-1-3-14(4-2-12)17-15(19)11-20-10-13-5-7-16-8-6-13/h5-8,12,14,18H,1-4,9-11H2,(H,17,19). The van der Waals surface area contributed by atoms with Gasteiger partial charge in [0.2, 0.25) is 5.91 Å². The molecule has 1 aliphatic rings. The van der Waals surface area contributed by atoms with Crippen molar-refractivity contribution < 1.29 is 9.90 Å². The highest BCUT2D eigenvalue weighted by molar-refractivity contribution is 7.99. The third-order valence-corrected chi connectivity index (χ3v) is 4.73. The molecule has 0 radical (unpaired) electrons. The van der Waals surface area contributed by atoms with Gasteiger partial charge in [-0.05, 0) is 49.3 Å². The Balaban J connectivity index is 1.61. The maximum absolute atomic E-state index is 11.9. The van der Waals surface area contributed by atoms with Gasteiger partial charge in [0.25, 0.3) is 0 Å². The molecule has 0 unspecified atom stereocenters. The van der Waals surface area contributed by atoms with Crippen LogP contribution in [0.15, 0.2) is 24.5 Å². The monoisotopic (exact) mass is 294 g/mol. The number of nitrogens with zero attached hydrogens (tertiary/aromatic N) is 1. The molecule has 0 saturated heterocycles. The number of hydrogen-bond donors (Lipinski definition) is 2. The van der Waals surface area contributed by atoms with Gasteiger partial charge in [0.15, 0.2) is 0 Å². The summed E-state index contributed by atoms with van der Waals surface area (Å²) >= 11 is 1.63. The fourth-order valence-corrected chi connectivity index (χ4v) is 3.30. The molecule has 1 amide bonds. The Morgan fingerprint density at radius 2 is 2.00 bits per heavy atom. The van der Waals surface area contributed by atoms with Crippen molar-refractivity contribution in [3.8, 4) is 0 Å². The van der Waals surface area contributed by atoms with E-state index in [0.717, 1.165) is 31.4 Å². The maximum Gasteiger partial charge on any atom is 0.230 e. The van der Waals surface area contributed by atoms with Gasteiger partial charge in [0.05, 0.1) is 5.75 Å². The van der Waals surface area contributed by atoms with Gasteiger partial charge in [-0.1, -0.05) is 0 Å². The Morgan fingerprint density at radius 3 is 2.65 bits per heavy atom. The van der Waals surface area contributed by atoms with Gasteiger partial charge in [0, 0.05) is 30.8 Å². The van der Waals surface area contributed by atoms with Gasteiger partial charge in [-0.3, -0.25) is 9.78 Å². The number of thioether (sulfide) groups is 1. The third kappa shape index (κ3) is 5.13. The summed E-state index contributed by atoms with van der Waals surface area (Å²) in [7, 11) is 0. The molecule has 1 saturated carbocycles. The number of amides is 1. The van der Waals surface area contributed by atoms with Gasteiger partial charge in [-0.15, -0.1) is 11.8 Å².